The van der Waals surface area contributed by atoms with Crippen LogP contribution in [0.25, 0.3) is 0 Å². The molecular weight excluding hydrogens is 310 g/mol. The average molecular weight is 337 g/mol. The van der Waals surface area contributed by atoms with Crippen molar-refractivity contribution < 1.29 is 13.2 Å². The number of ether oxygens (including phenoxy) is 1. The van der Waals surface area contributed by atoms with Gasteiger partial charge < -0.3 is 4.74 Å². The van der Waals surface area contributed by atoms with Crippen LogP contribution in [-0.4, -0.2) is 38.2 Å². The van der Waals surface area contributed by atoms with Crippen molar-refractivity contribution >= 4 is 10.0 Å². The fourth-order valence-electron chi connectivity index (χ4n) is 3.84. The second-order valence-corrected chi connectivity index (χ2v) is 8.66. The molecule has 4 nitrogen and oxygen atoms in total. The molecule has 0 unspecified atom stereocenters. The molecule has 0 saturated carbocycles. The van der Waals surface area contributed by atoms with Crippen molar-refractivity contribution in [1.82, 2.24) is 4.31 Å². The van der Waals surface area contributed by atoms with Gasteiger partial charge in [0, 0.05) is 25.8 Å². The molecule has 1 fully saturated rings. The Balaban J connectivity index is 1.82. The van der Waals surface area contributed by atoms with Gasteiger partial charge in [0.05, 0.1) is 5.75 Å². The van der Waals surface area contributed by atoms with Gasteiger partial charge in [-0.15, -0.1) is 0 Å². The van der Waals surface area contributed by atoms with Gasteiger partial charge in [-0.25, -0.2) is 8.42 Å². The molecule has 0 aliphatic carbocycles. The number of rotatable bonds is 5. The van der Waals surface area contributed by atoms with Gasteiger partial charge in [0.1, 0.15) is 0 Å². The van der Waals surface area contributed by atoms with E-state index in [0.29, 0.717) is 19.8 Å². The van der Waals surface area contributed by atoms with E-state index in [0.717, 1.165) is 32.1 Å². The summed E-state index contributed by atoms with van der Waals surface area (Å²) in [5.41, 5.74) is 2.51. The summed E-state index contributed by atoms with van der Waals surface area (Å²) in [5, 5.41) is 0. The zero-order valence-corrected chi connectivity index (χ0v) is 14.7. The van der Waals surface area contributed by atoms with Gasteiger partial charge in [-0.3, -0.25) is 0 Å². The Kier molecular flexibility index (Phi) is 5.39. The molecule has 128 valence electrons. The van der Waals surface area contributed by atoms with Crippen molar-refractivity contribution in [3.8, 4) is 0 Å². The maximum Gasteiger partial charge on any atom is 0.214 e. The van der Waals surface area contributed by atoms with E-state index >= 15 is 0 Å². The van der Waals surface area contributed by atoms with Crippen LogP contribution in [0.4, 0.5) is 0 Å². The highest BCUT2D eigenvalue weighted by Crippen LogP contribution is 2.36. The zero-order valence-electron chi connectivity index (χ0n) is 13.9. The van der Waals surface area contributed by atoms with Crippen LogP contribution in [0.15, 0.2) is 24.3 Å². The first-order valence-corrected chi connectivity index (χ1v) is 10.4. The minimum Gasteiger partial charge on any atom is -0.381 e. The Morgan fingerprint density at radius 1 is 1.22 bits per heavy atom. The Hall–Kier alpha value is -0.910. The molecule has 3 rings (SSSR count). The third-order valence-electron chi connectivity index (χ3n) is 5.07. The molecule has 0 N–H and O–H groups in total. The SMILES string of the molecule is CCC[C@@H]1c2ccccc2CCN1S(=O)(=O)CC1CCOCC1. The Morgan fingerprint density at radius 3 is 2.70 bits per heavy atom. The van der Waals surface area contributed by atoms with E-state index in [1.165, 1.54) is 11.1 Å². The minimum atomic E-state index is -3.22. The molecular formula is C18H27NO3S. The van der Waals surface area contributed by atoms with Crippen molar-refractivity contribution in [2.75, 3.05) is 25.5 Å². The molecule has 1 aromatic rings. The number of sulfonamides is 1. The Bertz CT molecular complexity index is 623. The lowest BCUT2D eigenvalue weighted by Crippen LogP contribution is -2.43. The smallest absolute Gasteiger partial charge is 0.214 e. The monoisotopic (exact) mass is 337 g/mol. The van der Waals surface area contributed by atoms with Gasteiger partial charge in [-0.1, -0.05) is 37.6 Å². The molecule has 0 spiro atoms. The minimum absolute atomic E-state index is 0.00907. The fraction of sp³-hybridized carbons (Fsp3) is 0.667. The third-order valence-corrected chi connectivity index (χ3v) is 7.11. The molecule has 2 heterocycles. The lowest BCUT2D eigenvalue weighted by Gasteiger charge is -2.37. The van der Waals surface area contributed by atoms with Crippen molar-refractivity contribution in [3.63, 3.8) is 0 Å². The van der Waals surface area contributed by atoms with E-state index in [4.69, 9.17) is 4.74 Å². The van der Waals surface area contributed by atoms with Crippen LogP contribution in [0.1, 0.15) is 49.8 Å². The summed E-state index contributed by atoms with van der Waals surface area (Å²) in [5.74, 6) is 0.520. The lowest BCUT2D eigenvalue weighted by atomic mass is 9.92. The van der Waals surface area contributed by atoms with Crippen LogP contribution >= 0.6 is 0 Å². The second-order valence-electron chi connectivity index (χ2n) is 6.70. The zero-order chi connectivity index (χ0) is 16.3. The Morgan fingerprint density at radius 2 is 1.96 bits per heavy atom. The number of hydrogen-bond acceptors (Lipinski definition) is 3. The maximum absolute atomic E-state index is 13.0. The highest BCUT2D eigenvalue weighted by Gasteiger charge is 2.36. The molecule has 0 radical (unpaired) electrons. The molecule has 1 aromatic carbocycles. The van der Waals surface area contributed by atoms with Gasteiger partial charge >= 0.3 is 0 Å². The summed E-state index contributed by atoms with van der Waals surface area (Å²) >= 11 is 0. The summed E-state index contributed by atoms with van der Waals surface area (Å²) in [6, 6.07) is 8.32. The van der Waals surface area contributed by atoms with Gasteiger partial charge in [-0.2, -0.15) is 4.31 Å². The highest BCUT2D eigenvalue weighted by molar-refractivity contribution is 7.89. The highest BCUT2D eigenvalue weighted by atomic mass is 32.2. The maximum atomic E-state index is 13.0. The van der Waals surface area contributed by atoms with E-state index in [2.05, 4.69) is 19.1 Å². The number of hydrogen-bond donors (Lipinski definition) is 0. The number of fused-ring (bicyclic) bond motifs is 1. The van der Waals surface area contributed by atoms with Gasteiger partial charge in [-0.05, 0) is 42.7 Å². The van der Waals surface area contributed by atoms with Gasteiger partial charge in [0.15, 0.2) is 0 Å². The molecule has 23 heavy (non-hydrogen) atoms. The van der Waals surface area contributed by atoms with E-state index in [-0.39, 0.29) is 17.7 Å². The molecule has 1 atom stereocenters. The van der Waals surface area contributed by atoms with Crippen molar-refractivity contribution in [2.45, 2.75) is 45.1 Å². The van der Waals surface area contributed by atoms with Crippen LogP contribution in [-0.2, 0) is 21.2 Å². The second kappa shape index (κ2) is 7.32. The summed E-state index contributed by atoms with van der Waals surface area (Å²) < 4.78 is 33.2. The van der Waals surface area contributed by atoms with E-state index in [9.17, 15) is 8.42 Å². The van der Waals surface area contributed by atoms with E-state index < -0.39 is 10.0 Å². The topological polar surface area (TPSA) is 46.6 Å². The van der Waals surface area contributed by atoms with Crippen molar-refractivity contribution in [2.24, 2.45) is 5.92 Å². The van der Waals surface area contributed by atoms with E-state index in [1.54, 1.807) is 4.31 Å². The average Bonchev–Trinajstić information content (AvgIpc) is 2.55. The van der Waals surface area contributed by atoms with Crippen LogP contribution in [0.2, 0.25) is 0 Å². The third kappa shape index (κ3) is 3.78. The summed E-state index contributed by atoms with van der Waals surface area (Å²) in [4.78, 5) is 0. The fourth-order valence-corrected chi connectivity index (χ4v) is 5.94. The number of nitrogens with zero attached hydrogens (tertiary/aromatic N) is 1. The first-order valence-electron chi connectivity index (χ1n) is 8.77. The largest absolute Gasteiger partial charge is 0.381 e. The predicted molar refractivity (Wildman–Crippen MR) is 91.8 cm³/mol. The first-order chi connectivity index (χ1) is 11.1. The normalized spacial score (nSPS) is 23.6. The molecule has 5 heteroatoms. The number of benzene rings is 1. The summed E-state index contributed by atoms with van der Waals surface area (Å²) in [6.07, 6.45) is 4.43. The van der Waals surface area contributed by atoms with Gasteiger partial charge in [0.25, 0.3) is 0 Å². The first kappa shape index (κ1) is 16.9. The van der Waals surface area contributed by atoms with Crippen LogP contribution in [0, 0.1) is 5.92 Å². The standard InChI is InChI=1S/C18H27NO3S/c1-2-5-18-17-7-4-3-6-16(17)8-11-19(18)23(20,21)14-15-9-12-22-13-10-15/h3-4,6-7,15,18H,2,5,8-14H2,1H3/t18-/m1/s1. The summed E-state index contributed by atoms with van der Waals surface area (Å²) in [6.45, 7) is 4.14. The molecule has 0 amide bonds. The molecule has 0 bridgehead atoms. The Labute approximate surface area is 139 Å². The molecule has 0 aromatic heterocycles. The van der Waals surface area contributed by atoms with Crippen molar-refractivity contribution in [3.05, 3.63) is 35.4 Å². The van der Waals surface area contributed by atoms with Crippen molar-refractivity contribution in [1.29, 1.82) is 0 Å². The lowest BCUT2D eigenvalue weighted by molar-refractivity contribution is 0.0719. The molecule has 2 aliphatic heterocycles. The molecule has 2 aliphatic rings. The van der Waals surface area contributed by atoms with Crippen LogP contribution in [0.3, 0.4) is 0 Å². The molecule has 1 saturated heterocycles. The van der Waals surface area contributed by atoms with Crippen LogP contribution in [0.5, 0.6) is 0 Å². The predicted octanol–water partition coefficient (Wildman–Crippen LogP) is 3.14. The summed E-state index contributed by atoms with van der Waals surface area (Å²) in [7, 11) is -3.22. The quantitative estimate of drug-likeness (QED) is 0.829. The van der Waals surface area contributed by atoms with Crippen LogP contribution < -0.4 is 0 Å². The van der Waals surface area contributed by atoms with E-state index in [1.807, 2.05) is 12.1 Å². The van der Waals surface area contributed by atoms with Gasteiger partial charge in [0.2, 0.25) is 10.0 Å².